The van der Waals surface area contributed by atoms with Gasteiger partial charge in [-0.2, -0.15) is 0 Å². The highest BCUT2D eigenvalue weighted by Crippen LogP contribution is 2.32. The smallest absolute Gasteiger partial charge is 0.0616 e. The van der Waals surface area contributed by atoms with E-state index in [2.05, 4.69) is 34.3 Å². The van der Waals surface area contributed by atoms with E-state index in [0.29, 0.717) is 5.92 Å². The largest absolute Gasteiger partial charge is 0.392 e. The van der Waals surface area contributed by atoms with Crippen molar-refractivity contribution in [3.05, 3.63) is 20.8 Å². The lowest BCUT2D eigenvalue weighted by Crippen LogP contribution is -2.26. The Morgan fingerprint density at radius 2 is 2.12 bits per heavy atom. The lowest BCUT2D eigenvalue weighted by atomic mass is 9.79. The van der Waals surface area contributed by atoms with Crippen LogP contribution >= 0.6 is 27.3 Å². The Morgan fingerprint density at radius 3 is 2.69 bits per heavy atom. The van der Waals surface area contributed by atoms with Gasteiger partial charge < -0.3 is 5.11 Å². The zero-order chi connectivity index (χ0) is 11.5. The van der Waals surface area contributed by atoms with Crippen LogP contribution in [-0.4, -0.2) is 11.2 Å². The van der Waals surface area contributed by atoms with Crippen LogP contribution < -0.4 is 0 Å². The number of rotatable bonds is 3. The Kier molecular flexibility index (Phi) is 4.45. The van der Waals surface area contributed by atoms with Gasteiger partial charge in [-0.25, -0.2) is 0 Å². The van der Waals surface area contributed by atoms with E-state index >= 15 is 0 Å². The van der Waals surface area contributed by atoms with Crippen LogP contribution in [0.1, 0.15) is 37.5 Å². The number of halogens is 1. The maximum absolute atomic E-state index is 10.2. The molecule has 1 heterocycles. The normalized spacial score (nSPS) is 27.9. The molecule has 2 rings (SSSR count). The molecular formula is C13H19BrOS. The molecular weight excluding hydrogens is 284 g/mol. The number of aliphatic hydroxyl groups excluding tert-OH is 1. The van der Waals surface area contributed by atoms with E-state index in [1.807, 2.05) is 0 Å². The zero-order valence-corrected chi connectivity index (χ0v) is 12.1. The van der Waals surface area contributed by atoms with Crippen molar-refractivity contribution in [1.29, 1.82) is 0 Å². The molecule has 0 spiro atoms. The van der Waals surface area contributed by atoms with Gasteiger partial charge in [-0.3, -0.25) is 0 Å². The molecule has 0 amide bonds. The number of aliphatic hydroxyl groups is 1. The van der Waals surface area contributed by atoms with Gasteiger partial charge >= 0.3 is 0 Å². The minimum absolute atomic E-state index is 0.141. The predicted octanol–water partition coefficient (Wildman–Crippen LogP) is 4.24. The average molecular weight is 303 g/mol. The van der Waals surface area contributed by atoms with Gasteiger partial charge in [0, 0.05) is 21.2 Å². The van der Waals surface area contributed by atoms with E-state index in [0.717, 1.165) is 16.8 Å². The maximum Gasteiger partial charge on any atom is 0.0616 e. The van der Waals surface area contributed by atoms with Gasteiger partial charge in [0.15, 0.2) is 0 Å². The van der Waals surface area contributed by atoms with Crippen LogP contribution in [0.5, 0.6) is 0 Å². The molecule has 0 aliphatic heterocycles. The fourth-order valence-electron chi connectivity index (χ4n) is 2.50. The van der Waals surface area contributed by atoms with Gasteiger partial charge in [-0.05, 0) is 46.7 Å². The van der Waals surface area contributed by atoms with Gasteiger partial charge in [0.05, 0.1) is 6.10 Å². The van der Waals surface area contributed by atoms with Crippen LogP contribution in [0.4, 0.5) is 0 Å². The first-order valence-corrected chi connectivity index (χ1v) is 7.73. The minimum Gasteiger partial charge on any atom is -0.392 e. The first-order chi connectivity index (χ1) is 7.65. The number of hydrogen-bond donors (Lipinski definition) is 1. The second-order valence-corrected chi connectivity index (χ2v) is 6.93. The first-order valence-electron chi connectivity index (χ1n) is 6.06. The predicted molar refractivity (Wildman–Crippen MR) is 72.9 cm³/mol. The summed E-state index contributed by atoms with van der Waals surface area (Å²) < 4.78 is 1.14. The molecule has 1 N–H and O–H groups in total. The Morgan fingerprint density at radius 1 is 1.44 bits per heavy atom. The van der Waals surface area contributed by atoms with Crippen molar-refractivity contribution in [2.45, 2.75) is 45.1 Å². The van der Waals surface area contributed by atoms with Gasteiger partial charge in [-0.1, -0.05) is 19.8 Å². The Labute approximate surface area is 110 Å². The highest BCUT2D eigenvalue weighted by molar-refractivity contribution is 9.10. The van der Waals surface area contributed by atoms with Gasteiger partial charge in [0.25, 0.3) is 0 Å². The van der Waals surface area contributed by atoms with Crippen molar-refractivity contribution in [2.75, 3.05) is 0 Å². The van der Waals surface area contributed by atoms with Crippen molar-refractivity contribution < 1.29 is 5.11 Å². The summed E-state index contributed by atoms with van der Waals surface area (Å²) in [4.78, 5) is 1.29. The molecule has 3 heteroatoms. The fourth-order valence-corrected chi connectivity index (χ4v) is 4.01. The van der Waals surface area contributed by atoms with Gasteiger partial charge in [0.2, 0.25) is 0 Å². The molecule has 1 aliphatic rings. The van der Waals surface area contributed by atoms with E-state index in [4.69, 9.17) is 0 Å². The second kappa shape index (κ2) is 5.65. The molecule has 1 saturated carbocycles. The van der Waals surface area contributed by atoms with E-state index < -0.39 is 0 Å². The number of thiophene rings is 1. The van der Waals surface area contributed by atoms with Crippen LogP contribution in [-0.2, 0) is 6.42 Å². The maximum atomic E-state index is 10.2. The van der Waals surface area contributed by atoms with Crippen molar-refractivity contribution in [2.24, 2.45) is 11.8 Å². The third-order valence-electron chi connectivity index (χ3n) is 3.64. The van der Waals surface area contributed by atoms with Crippen molar-refractivity contribution in [3.63, 3.8) is 0 Å². The molecule has 0 aromatic carbocycles. The van der Waals surface area contributed by atoms with Crippen LogP contribution in [0.3, 0.4) is 0 Å². The van der Waals surface area contributed by atoms with E-state index in [9.17, 15) is 5.11 Å². The first kappa shape index (κ1) is 12.6. The lowest BCUT2D eigenvalue weighted by molar-refractivity contribution is 0.0767. The standard InChI is InChI=1S/C13H19BrOS/c1-9-2-4-10(5-3-9)13(15)7-12-6-11(14)8-16-12/h6,8-10,13,15H,2-5,7H2,1H3. The highest BCUT2D eigenvalue weighted by atomic mass is 79.9. The molecule has 0 saturated heterocycles. The average Bonchev–Trinajstić information content (AvgIpc) is 2.65. The summed E-state index contributed by atoms with van der Waals surface area (Å²) in [5.41, 5.74) is 0. The summed E-state index contributed by atoms with van der Waals surface area (Å²) >= 11 is 5.19. The summed E-state index contributed by atoms with van der Waals surface area (Å²) in [6, 6.07) is 2.12. The molecule has 90 valence electrons. The van der Waals surface area contributed by atoms with E-state index in [1.54, 1.807) is 11.3 Å². The van der Waals surface area contributed by atoms with Crippen LogP contribution in [0.2, 0.25) is 0 Å². The lowest BCUT2D eigenvalue weighted by Gasteiger charge is -2.29. The molecule has 1 aromatic heterocycles. The SMILES string of the molecule is CC1CCC(C(O)Cc2cc(Br)cs2)CC1. The molecule has 0 bridgehead atoms. The van der Waals surface area contributed by atoms with Crippen molar-refractivity contribution in [1.82, 2.24) is 0 Å². The van der Waals surface area contributed by atoms with Crippen LogP contribution in [0.25, 0.3) is 0 Å². The monoisotopic (exact) mass is 302 g/mol. The quantitative estimate of drug-likeness (QED) is 0.885. The minimum atomic E-state index is -0.141. The molecule has 1 aliphatic carbocycles. The molecule has 1 fully saturated rings. The molecule has 1 aromatic rings. The molecule has 1 atom stereocenters. The van der Waals surface area contributed by atoms with Gasteiger partial charge in [0.1, 0.15) is 0 Å². The third kappa shape index (κ3) is 3.31. The highest BCUT2D eigenvalue weighted by Gasteiger charge is 2.24. The summed E-state index contributed by atoms with van der Waals surface area (Å²) in [5.74, 6) is 1.39. The molecule has 1 nitrogen and oxygen atoms in total. The Bertz CT molecular complexity index is 328. The fraction of sp³-hybridized carbons (Fsp3) is 0.692. The Balaban J connectivity index is 1.85. The Hall–Kier alpha value is 0.140. The zero-order valence-electron chi connectivity index (χ0n) is 9.66. The number of hydrogen-bond acceptors (Lipinski definition) is 2. The van der Waals surface area contributed by atoms with Crippen LogP contribution in [0, 0.1) is 11.8 Å². The summed E-state index contributed by atoms with van der Waals surface area (Å²) in [7, 11) is 0. The van der Waals surface area contributed by atoms with Crippen molar-refractivity contribution >= 4 is 27.3 Å². The van der Waals surface area contributed by atoms with Crippen molar-refractivity contribution in [3.8, 4) is 0 Å². The summed E-state index contributed by atoms with van der Waals surface area (Å²) in [5, 5.41) is 12.3. The summed E-state index contributed by atoms with van der Waals surface area (Å²) in [6.45, 7) is 2.32. The third-order valence-corrected chi connectivity index (χ3v) is 5.36. The topological polar surface area (TPSA) is 20.2 Å². The second-order valence-electron chi connectivity index (χ2n) is 5.02. The van der Waals surface area contributed by atoms with E-state index in [1.165, 1.54) is 30.6 Å². The molecule has 16 heavy (non-hydrogen) atoms. The molecule has 1 unspecified atom stereocenters. The van der Waals surface area contributed by atoms with E-state index in [-0.39, 0.29) is 6.10 Å². The summed E-state index contributed by atoms with van der Waals surface area (Å²) in [6.07, 6.45) is 5.67. The van der Waals surface area contributed by atoms with Gasteiger partial charge in [-0.15, -0.1) is 11.3 Å². The van der Waals surface area contributed by atoms with Crippen LogP contribution in [0.15, 0.2) is 15.9 Å². The molecule has 0 radical (unpaired) electrons.